The van der Waals surface area contributed by atoms with E-state index in [1.54, 1.807) is 4.90 Å². The van der Waals surface area contributed by atoms with E-state index in [2.05, 4.69) is 9.97 Å². The Labute approximate surface area is 132 Å². The van der Waals surface area contributed by atoms with E-state index >= 15 is 0 Å². The number of hydrogen-bond acceptors (Lipinski definition) is 5. The third-order valence-corrected chi connectivity index (χ3v) is 4.34. The SMILES string of the molecule is CCO[C@@H]1CN(c2nc3c(c(C(F)(F)F)n2)CCCC3)C[C@H]1O. The standard InChI is InChI=1S/C15H20F3N3O2/c1-2-23-12-8-21(7-11(12)22)14-19-10-6-4-3-5-9(10)13(20-14)15(16,17)18/h11-12,22H,2-8H2,1H3/t11-,12-/m1/s1. The molecule has 3 rings (SSSR count). The predicted octanol–water partition coefficient (Wildman–Crippen LogP) is 1.96. The molecule has 5 nitrogen and oxygen atoms in total. The van der Waals surface area contributed by atoms with E-state index in [0.717, 1.165) is 12.8 Å². The number of halogens is 3. The molecule has 2 atom stereocenters. The number of aromatic nitrogens is 2. The number of hydrogen-bond donors (Lipinski definition) is 1. The summed E-state index contributed by atoms with van der Waals surface area (Å²) in [5.74, 6) is 0.0410. The summed E-state index contributed by atoms with van der Waals surface area (Å²) in [6.45, 7) is 2.73. The Morgan fingerprint density at radius 2 is 1.96 bits per heavy atom. The van der Waals surface area contributed by atoms with Crippen molar-refractivity contribution >= 4 is 5.95 Å². The molecule has 1 aliphatic heterocycles. The van der Waals surface area contributed by atoms with Gasteiger partial charge in [-0.15, -0.1) is 0 Å². The lowest BCUT2D eigenvalue weighted by molar-refractivity contribution is -0.142. The number of aliphatic hydroxyl groups excluding tert-OH is 1. The number of anilines is 1. The molecule has 23 heavy (non-hydrogen) atoms. The number of fused-ring (bicyclic) bond motifs is 1. The van der Waals surface area contributed by atoms with Gasteiger partial charge in [-0.05, 0) is 32.6 Å². The van der Waals surface area contributed by atoms with Gasteiger partial charge in [-0.1, -0.05) is 0 Å². The normalized spacial score (nSPS) is 24.8. The van der Waals surface area contributed by atoms with Crippen LogP contribution in [0.2, 0.25) is 0 Å². The van der Waals surface area contributed by atoms with Crippen molar-refractivity contribution in [3.8, 4) is 0 Å². The first-order valence-electron chi connectivity index (χ1n) is 7.91. The van der Waals surface area contributed by atoms with E-state index in [4.69, 9.17) is 4.74 Å². The van der Waals surface area contributed by atoms with Crippen LogP contribution in [0, 0.1) is 0 Å². The number of ether oxygens (including phenoxy) is 1. The number of nitrogens with zero attached hydrogens (tertiary/aromatic N) is 3. The summed E-state index contributed by atoms with van der Waals surface area (Å²) >= 11 is 0. The summed E-state index contributed by atoms with van der Waals surface area (Å²) < 4.78 is 45.4. The highest BCUT2D eigenvalue weighted by atomic mass is 19.4. The maximum Gasteiger partial charge on any atom is 0.433 e. The average molecular weight is 331 g/mol. The molecule has 1 fully saturated rings. The van der Waals surface area contributed by atoms with E-state index in [0.29, 0.717) is 31.7 Å². The van der Waals surface area contributed by atoms with Crippen molar-refractivity contribution in [3.05, 3.63) is 17.0 Å². The molecule has 1 aromatic heterocycles. The van der Waals surface area contributed by atoms with Gasteiger partial charge in [0.25, 0.3) is 0 Å². The molecule has 128 valence electrons. The number of rotatable bonds is 3. The molecule has 0 amide bonds. The fourth-order valence-electron chi connectivity index (χ4n) is 3.25. The van der Waals surface area contributed by atoms with Crippen LogP contribution in [0.4, 0.5) is 19.1 Å². The van der Waals surface area contributed by atoms with Gasteiger partial charge >= 0.3 is 6.18 Å². The molecule has 2 heterocycles. The maximum absolute atomic E-state index is 13.3. The molecule has 0 unspecified atom stereocenters. The third-order valence-electron chi connectivity index (χ3n) is 4.34. The Bertz CT molecular complexity index is 580. The summed E-state index contributed by atoms with van der Waals surface area (Å²) in [6, 6.07) is 0. The summed E-state index contributed by atoms with van der Waals surface area (Å²) in [6.07, 6.45) is -3.18. The van der Waals surface area contributed by atoms with E-state index in [-0.39, 0.29) is 18.1 Å². The van der Waals surface area contributed by atoms with Gasteiger partial charge in [-0.25, -0.2) is 9.97 Å². The molecule has 1 aliphatic carbocycles. The Kier molecular flexibility index (Phi) is 4.46. The van der Waals surface area contributed by atoms with Gasteiger partial charge in [0.15, 0.2) is 5.69 Å². The number of aryl methyl sites for hydroxylation is 1. The minimum absolute atomic E-state index is 0.0410. The molecule has 0 saturated carbocycles. The zero-order valence-electron chi connectivity index (χ0n) is 12.9. The monoisotopic (exact) mass is 331 g/mol. The van der Waals surface area contributed by atoms with Gasteiger partial charge in [-0.2, -0.15) is 13.2 Å². The highest BCUT2D eigenvalue weighted by Crippen LogP contribution is 2.36. The van der Waals surface area contributed by atoms with Crippen LogP contribution in [0.15, 0.2) is 0 Å². The summed E-state index contributed by atoms with van der Waals surface area (Å²) in [5, 5.41) is 9.97. The Morgan fingerprint density at radius 1 is 1.22 bits per heavy atom. The summed E-state index contributed by atoms with van der Waals surface area (Å²) in [7, 11) is 0. The lowest BCUT2D eigenvalue weighted by Gasteiger charge is -2.23. The van der Waals surface area contributed by atoms with E-state index < -0.39 is 24.1 Å². The van der Waals surface area contributed by atoms with Gasteiger partial charge in [0.2, 0.25) is 5.95 Å². The van der Waals surface area contributed by atoms with E-state index in [1.807, 2.05) is 6.92 Å². The largest absolute Gasteiger partial charge is 0.433 e. The molecular weight excluding hydrogens is 311 g/mol. The third kappa shape index (κ3) is 3.28. The Balaban J connectivity index is 1.94. The lowest BCUT2D eigenvalue weighted by atomic mass is 9.94. The van der Waals surface area contributed by atoms with Crippen molar-refractivity contribution < 1.29 is 23.0 Å². The topological polar surface area (TPSA) is 58.5 Å². The molecule has 2 aliphatic rings. The molecule has 0 radical (unpaired) electrons. The highest BCUT2D eigenvalue weighted by Gasteiger charge is 2.40. The van der Waals surface area contributed by atoms with Crippen LogP contribution in [-0.2, 0) is 23.8 Å². The first kappa shape index (κ1) is 16.4. The van der Waals surface area contributed by atoms with Crippen LogP contribution >= 0.6 is 0 Å². The zero-order valence-corrected chi connectivity index (χ0v) is 12.9. The summed E-state index contributed by atoms with van der Waals surface area (Å²) in [5.41, 5.74) is -0.108. The molecule has 0 spiro atoms. The van der Waals surface area contributed by atoms with E-state index in [9.17, 15) is 18.3 Å². The predicted molar refractivity (Wildman–Crippen MR) is 77.3 cm³/mol. The molecule has 1 aromatic rings. The van der Waals surface area contributed by atoms with Crippen LogP contribution < -0.4 is 4.90 Å². The molecule has 0 aromatic carbocycles. The van der Waals surface area contributed by atoms with Crippen molar-refractivity contribution in [2.45, 2.75) is 51.0 Å². The van der Waals surface area contributed by atoms with Crippen LogP contribution in [0.1, 0.15) is 36.7 Å². The molecule has 8 heteroatoms. The van der Waals surface area contributed by atoms with Crippen molar-refractivity contribution in [1.29, 1.82) is 0 Å². The molecule has 1 saturated heterocycles. The number of alkyl halides is 3. The fraction of sp³-hybridized carbons (Fsp3) is 0.733. The zero-order chi connectivity index (χ0) is 16.6. The maximum atomic E-state index is 13.3. The van der Waals surface area contributed by atoms with Gasteiger partial charge in [0.1, 0.15) is 6.10 Å². The molecule has 1 N–H and O–H groups in total. The van der Waals surface area contributed by atoms with Crippen LogP contribution in [0.25, 0.3) is 0 Å². The van der Waals surface area contributed by atoms with Gasteiger partial charge < -0.3 is 14.7 Å². The molecular formula is C15H20F3N3O2. The first-order chi connectivity index (χ1) is 10.9. The fourth-order valence-corrected chi connectivity index (χ4v) is 3.25. The van der Waals surface area contributed by atoms with Gasteiger partial charge in [-0.3, -0.25) is 0 Å². The van der Waals surface area contributed by atoms with Crippen molar-refractivity contribution in [1.82, 2.24) is 9.97 Å². The van der Waals surface area contributed by atoms with Crippen molar-refractivity contribution in [2.75, 3.05) is 24.6 Å². The Morgan fingerprint density at radius 3 is 2.65 bits per heavy atom. The summed E-state index contributed by atoms with van der Waals surface area (Å²) in [4.78, 5) is 9.72. The molecule has 0 bridgehead atoms. The van der Waals surface area contributed by atoms with Crippen LogP contribution in [0.3, 0.4) is 0 Å². The minimum atomic E-state index is -4.49. The van der Waals surface area contributed by atoms with Crippen LogP contribution in [0.5, 0.6) is 0 Å². The average Bonchev–Trinajstić information content (AvgIpc) is 2.87. The highest BCUT2D eigenvalue weighted by molar-refractivity contribution is 5.41. The minimum Gasteiger partial charge on any atom is -0.388 e. The first-order valence-corrected chi connectivity index (χ1v) is 7.91. The lowest BCUT2D eigenvalue weighted by Crippen LogP contribution is -2.28. The number of β-amino-alcohol motifs (C(OH)–C–C–N with tert-alkyl or cyclic N) is 1. The second kappa shape index (κ2) is 6.24. The van der Waals surface area contributed by atoms with E-state index in [1.165, 1.54) is 0 Å². The van der Waals surface area contributed by atoms with Crippen molar-refractivity contribution in [3.63, 3.8) is 0 Å². The number of aliphatic hydroxyl groups is 1. The Hall–Kier alpha value is -1.41. The van der Waals surface area contributed by atoms with Gasteiger partial charge in [0.05, 0.1) is 6.10 Å². The second-order valence-corrected chi connectivity index (χ2v) is 5.97. The smallest absolute Gasteiger partial charge is 0.388 e. The van der Waals surface area contributed by atoms with Gasteiger partial charge in [0, 0.05) is 31.0 Å². The van der Waals surface area contributed by atoms with Crippen LogP contribution in [-0.4, -0.2) is 47.0 Å². The quantitative estimate of drug-likeness (QED) is 0.918. The second-order valence-electron chi connectivity index (χ2n) is 5.97. The van der Waals surface area contributed by atoms with Crippen molar-refractivity contribution in [2.24, 2.45) is 0 Å².